The van der Waals surface area contributed by atoms with Gasteiger partial charge in [0.05, 0.1) is 18.5 Å². The van der Waals surface area contributed by atoms with Gasteiger partial charge >= 0.3 is 0 Å². The Morgan fingerprint density at radius 1 is 1.16 bits per heavy atom. The number of primary amides is 1. The summed E-state index contributed by atoms with van der Waals surface area (Å²) in [5.41, 5.74) is 9.13. The molecule has 1 atom stereocenters. The second-order valence-corrected chi connectivity index (χ2v) is 7.58. The average Bonchev–Trinajstić information content (AvgIpc) is 3.21. The molecular formula is C24H26N4O4. The van der Waals surface area contributed by atoms with E-state index in [1.807, 2.05) is 31.2 Å². The molecule has 1 aliphatic rings. The fourth-order valence-electron chi connectivity index (χ4n) is 3.86. The highest BCUT2D eigenvalue weighted by Gasteiger charge is 2.31. The number of aryl methyl sites for hydroxylation is 1. The molecule has 0 fully saturated rings. The number of amides is 2. The first kappa shape index (κ1) is 21.4. The lowest BCUT2D eigenvalue weighted by atomic mass is 9.87. The van der Waals surface area contributed by atoms with Gasteiger partial charge in [0.15, 0.2) is 18.1 Å². The lowest BCUT2D eigenvalue weighted by Gasteiger charge is -2.24. The molecule has 0 saturated heterocycles. The summed E-state index contributed by atoms with van der Waals surface area (Å²) in [6.07, 6.45) is 3.04. The fraction of sp³-hybridized carbons (Fsp3) is 0.292. The molecule has 0 spiro atoms. The van der Waals surface area contributed by atoms with Crippen LogP contribution in [0.4, 0.5) is 5.82 Å². The molecule has 1 unspecified atom stereocenters. The van der Waals surface area contributed by atoms with E-state index in [2.05, 4.69) is 29.5 Å². The zero-order valence-electron chi connectivity index (χ0n) is 18.1. The number of nitrogens with one attached hydrogen (secondary N) is 1. The Morgan fingerprint density at radius 2 is 1.94 bits per heavy atom. The molecule has 0 saturated carbocycles. The Bertz CT molecular complexity index is 1140. The standard InChI is InChI=1S/C24H26N4O4/c1-3-15-5-8-17(9-6-15)28-24-19(13-26-28)18(12-23(30)27-24)16-7-10-20(32-14-22(25)29)21(11-16)31-4-2/h5-11,13,18H,3-4,12,14H2,1-2H3,(H2,25,29)(H,27,30). The van der Waals surface area contributed by atoms with Crippen molar-refractivity contribution in [2.24, 2.45) is 5.73 Å². The number of nitrogens with two attached hydrogens (primary N) is 1. The maximum absolute atomic E-state index is 12.6. The number of benzene rings is 2. The first-order chi connectivity index (χ1) is 15.5. The summed E-state index contributed by atoms with van der Waals surface area (Å²) >= 11 is 0. The number of ether oxygens (including phenoxy) is 2. The summed E-state index contributed by atoms with van der Waals surface area (Å²) in [7, 11) is 0. The molecular weight excluding hydrogens is 408 g/mol. The maximum atomic E-state index is 12.6. The lowest BCUT2D eigenvalue weighted by Crippen LogP contribution is -2.24. The van der Waals surface area contributed by atoms with Crippen molar-refractivity contribution in [3.63, 3.8) is 0 Å². The Morgan fingerprint density at radius 3 is 2.62 bits per heavy atom. The van der Waals surface area contributed by atoms with Crippen molar-refractivity contribution in [1.29, 1.82) is 0 Å². The summed E-state index contributed by atoms with van der Waals surface area (Å²) in [6.45, 7) is 4.17. The smallest absolute Gasteiger partial charge is 0.255 e. The van der Waals surface area contributed by atoms with Crippen LogP contribution in [-0.4, -0.2) is 34.8 Å². The molecule has 4 rings (SSSR count). The number of aromatic nitrogens is 2. The van der Waals surface area contributed by atoms with Crippen molar-refractivity contribution in [1.82, 2.24) is 9.78 Å². The van der Waals surface area contributed by atoms with E-state index < -0.39 is 5.91 Å². The first-order valence-electron chi connectivity index (χ1n) is 10.6. The number of nitrogens with zero attached hydrogens (tertiary/aromatic N) is 2. The molecule has 2 amide bonds. The minimum absolute atomic E-state index is 0.0820. The molecule has 8 heteroatoms. The molecule has 0 bridgehead atoms. The highest BCUT2D eigenvalue weighted by atomic mass is 16.5. The Hall–Kier alpha value is -3.81. The van der Waals surface area contributed by atoms with Crippen LogP contribution in [0.15, 0.2) is 48.7 Å². The summed E-state index contributed by atoms with van der Waals surface area (Å²) in [4.78, 5) is 23.7. The summed E-state index contributed by atoms with van der Waals surface area (Å²) < 4.78 is 12.9. The zero-order chi connectivity index (χ0) is 22.7. The number of hydrogen-bond acceptors (Lipinski definition) is 5. The fourth-order valence-corrected chi connectivity index (χ4v) is 3.86. The molecule has 1 aliphatic heterocycles. The van der Waals surface area contributed by atoms with Gasteiger partial charge in [-0.2, -0.15) is 5.10 Å². The van der Waals surface area contributed by atoms with Gasteiger partial charge in [-0.15, -0.1) is 0 Å². The van der Waals surface area contributed by atoms with E-state index in [0.29, 0.717) is 30.3 Å². The molecule has 2 heterocycles. The highest BCUT2D eigenvalue weighted by molar-refractivity contribution is 5.94. The number of carbonyl (C=O) groups is 2. The van der Waals surface area contributed by atoms with E-state index in [1.165, 1.54) is 5.56 Å². The summed E-state index contributed by atoms with van der Waals surface area (Å²) in [5.74, 6) is 0.767. The van der Waals surface area contributed by atoms with Gasteiger partial charge in [-0.3, -0.25) is 9.59 Å². The zero-order valence-corrected chi connectivity index (χ0v) is 18.1. The number of hydrogen-bond donors (Lipinski definition) is 2. The van der Waals surface area contributed by atoms with E-state index >= 15 is 0 Å². The minimum Gasteiger partial charge on any atom is -0.490 e. The third-order valence-corrected chi connectivity index (χ3v) is 5.45. The van der Waals surface area contributed by atoms with Crippen LogP contribution in [0.1, 0.15) is 42.9 Å². The van der Waals surface area contributed by atoms with Gasteiger partial charge in [-0.05, 0) is 48.7 Å². The van der Waals surface area contributed by atoms with Gasteiger partial charge < -0.3 is 20.5 Å². The molecule has 0 aliphatic carbocycles. The van der Waals surface area contributed by atoms with Crippen molar-refractivity contribution < 1.29 is 19.1 Å². The van der Waals surface area contributed by atoms with Crippen molar-refractivity contribution in [2.45, 2.75) is 32.6 Å². The lowest BCUT2D eigenvalue weighted by molar-refractivity contribution is -0.120. The second-order valence-electron chi connectivity index (χ2n) is 7.58. The van der Waals surface area contributed by atoms with Crippen LogP contribution in [-0.2, 0) is 16.0 Å². The number of rotatable bonds is 8. The first-order valence-corrected chi connectivity index (χ1v) is 10.6. The van der Waals surface area contributed by atoms with Crippen LogP contribution in [0.25, 0.3) is 5.69 Å². The molecule has 166 valence electrons. The summed E-state index contributed by atoms with van der Waals surface area (Å²) in [6, 6.07) is 13.6. The molecule has 3 aromatic rings. The Balaban J connectivity index is 1.70. The van der Waals surface area contributed by atoms with Gasteiger partial charge in [-0.25, -0.2) is 4.68 Å². The predicted molar refractivity (Wildman–Crippen MR) is 120 cm³/mol. The number of carbonyl (C=O) groups excluding carboxylic acids is 2. The van der Waals surface area contributed by atoms with E-state index in [-0.39, 0.29) is 18.4 Å². The van der Waals surface area contributed by atoms with Crippen LogP contribution < -0.4 is 20.5 Å². The SMILES string of the molecule is CCOc1cc(C2CC(=O)Nc3c2cnn3-c2ccc(CC)cc2)ccc1OCC(N)=O. The Kier molecular flexibility index (Phi) is 6.11. The van der Waals surface area contributed by atoms with E-state index in [4.69, 9.17) is 15.2 Å². The summed E-state index contributed by atoms with van der Waals surface area (Å²) in [5, 5.41) is 7.53. The second kappa shape index (κ2) is 9.13. The van der Waals surface area contributed by atoms with E-state index in [1.54, 1.807) is 16.9 Å². The Labute approximate surface area is 186 Å². The van der Waals surface area contributed by atoms with Crippen LogP contribution >= 0.6 is 0 Å². The van der Waals surface area contributed by atoms with Gasteiger partial charge in [-0.1, -0.05) is 25.1 Å². The van der Waals surface area contributed by atoms with E-state index in [9.17, 15) is 9.59 Å². The predicted octanol–water partition coefficient (Wildman–Crippen LogP) is 3.17. The van der Waals surface area contributed by atoms with Gasteiger partial charge in [0.1, 0.15) is 5.82 Å². The maximum Gasteiger partial charge on any atom is 0.255 e. The molecule has 8 nitrogen and oxygen atoms in total. The van der Waals surface area contributed by atoms with Crippen LogP contribution in [0, 0.1) is 0 Å². The van der Waals surface area contributed by atoms with Gasteiger partial charge in [0, 0.05) is 17.9 Å². The van der Waals surface area contributed by atoms with Crippen LogP contribution in [0.2, 0.25) is 0 Å². The van der Waals surface area contributed by atoms with Crippen LogP contribution in [0.5, 0.6) is 11.5 Å². The van der Waals surface area contributed by atoms with Gasteiger partial charge in [0.2, 0.25) is 5.91 Å². The van der Waals surface area contributed by atoms with Crippen molar-refractivity contribution in [3.05, 3.63) is 65.4 Å². The van der Waals surface area contributed by atoms with E-state index in [0.717, 1.165) is 23.2 Å². The normalized spacial score (nSPS) is 15.1. The van der Waals surface area contributed by atoms with Crippen molar-refractivity contribution in [2.75, 3.05) is 18.5 Å². The third kappa shape index (κ3) is 4.30. The van der Waals surface area contributed by atoms with Crippen molar-refractivity contribution >= 4 is 17.6 Å². The average molecular weight is 434 g/mol. The molecule has 1 aromatic heterocycles. The molecule has 0 radical (unpaired) electrons. The highest BCUT2D eigenvalue weighted by Crippen LogP contribution is 2.40. The quantitative estimate of drug-likeness (QED) is 0.566. The number of anilines is 1. The molecule has 32 heavy (non-hydrogen) atoms. The van der Waals surface area contributed by atoms with Gasteiger partial charge in [0.25, 0.3) is 5.91 Å². The largest absolute Gasteiger partial charge is 0.490 e. The third-order valence-electron chi connectivity index (χ3n) is 5.45. The monoisotopic (exact) mass is 434 g/mol. The molecule has 2 aromatic carbocycles. The minimum atomic E-state index is -0.565. The van der Waals surface area contributed by atoms with Crippen LogP contribution in [0.3, 0.4) is 0 Å². The topological polar surface area (TPSA) is 108 Å². The molecule has 3 N–H and O–H groups in total. The number of fused-ring (bicyclic) bond motifs is 1. The van der Waals surface area contributed by atoms with Crippen molar-refractivity contribution in [3.8, 4) is 17.2 Å².